The minimum Gasteiger partial charge on any atom is -0.460 e. The highest BCUT2D eigenvalue weighted by molar-refractivity contribution is 7.89. The van der Waals surface area contributed by atoms with E-state index in [4.69, 9.17) is 10.2 Å². The van der Waals surface area contributed by atoms with E-state index in [0.717, 1.165) is 5.39 Å². The Hall–Kier alpha value is -3.23. The Bertz CT molecular complexity index is 1170. The summed E-state index contributed by atoms with van der Waals surface area (Å²) in [6.45, 7) is 0.0524. The molecule has 0 spiro atoms. The number of pyridine rings is 2. The van der Waals surface area contributed by atoms with Crippen LogP contribution in [-0.4, -0.2) is 22.7 Å². The van der Waals surface area contributed by atoms with Gasteiger partial charge in [0.15, 0.2) is 0 Å². The van der Waals surface area contributed by atoms with E-state index < -0.39 is 10.0 Å². The van der Waals surface area contributed by atoms with Crippen LogP contribution in [0.3, 0.4) is 0 Å². The van der Waals surface area contributed by atoms with E-state index in [0.29, 0.717) is 17.0 Å². The Kier molecular flexibility index (Phi) is 4.81. The lowest BCUT2D eigenvalue weighted by Crippen LogP contribution is -2.30. The number of benzene rings is 1. The van der Waals surface area contributed by atoms with E-state index in [1.807, 2.05) is 30.3 Å². The van der Waals surface area contributed by atoms with Crippen molar-refractivity contribution >= 4 is 26.8 Å². The second kappa shape index (κ2) is 7.41. The van der Waals surface area contributed by atoms with Gasteiger partial charge in [0, 0.05) is 17.8 Å². The molecular formula is C20H17N4O3S. The molecule has 0 atom stereocenters. The zero-order valence-electron chi connectivity index (χ0n) is 14.8. The molecule has 141 valence electrons. The number of fused-ring (bicyclic) bond motifs is 1. The molecule has 1 aromatic carbocycles. The summed E-state index contributed by atoms with van der Waals surface area (Å²) in [6, 6.07) is 17.3. The van der Waals surface area contributed by atoms with Crippen LogP contribution in [0.4, 0.5) is 5.82 Å². The fraction of sp³-hybridized carbons (Fsp3) is 0.100. The van der Waals surface area contributed by atoms with Crippen molar-refractivity contribution in [1.82, 2.24) is 20.0 Å². The van der Waals surface area contributed by atoms with Gasteiger partial charge in [-0.05, 0) is 36.4 Å². The fourth-order valence-electron chi connectivity index (χ4n) is 2.91. The number of aromatic nitrogens is 2. The van der Waals surface area contributed by atoms with E-state index in [1.54, 1.807) is 24.3 Å². The predicted molar refractivity (Wildman–Crippen MR) is 104 cm³/mol. The monoisotopic (exact) mass is 393 g/mol. The lowest BCUT2D eigenvalue weighted by Gasteiger charge is -2.21. The van der Waals surface area contributed by atoms with Gasteiger partial charge in [-0.25, -0.2) is 13.4 Å². The molecule has 0 aliphatic heterocycles. The molecule has 1 radical (unpaired) electrons. The number of sulfonamides is 1. The first-order valence-electron chi connectivity index (χ1n) is 8.57. The summed E-state index contributed by atoms with van der Waals surface area (Å²) in [5, 5.41) is 0.905. The van der Waals surface area contributed by atoms with E-state index in [1.165, 1.54) is 22.8 Å². The average Bonchev–Trinajstić information content (AvgIpc) is 3.11. The van der Waals surface area contributed by atoms with Gasteiger partial charge in [-0.1, -0.05) is 24.3 Å². The van der Waals surface area contributed by atoms with Crippen LogP contribution < -0.4 is 5.73 Å². The topological polar surface area (TPSA) is 100 Å². The number of hydrogen-bond acceptors (Lipinski definition) is 5. The predicted octanol–water partition coefficient (Wildman–Crippen LogP) is 3.53. The maximum absolute atomic E-state index is 13.2. The number of para-hydroxylation sites is 1. The van der Waals surface area contributed by atoms with Crippen LogP contribution in [0.15, 0.2) is 82.4 Å². The quantitative estimate of drug-likeness (QED) is 0.499. The molecule has 0 aliphatic carbocycles. The van der Waals surface area contributed by atoms with E-state index >= 15 is 0 Å². The molecular weight excluding hydrogens is 376 g/mol. The van der Waals surface area contributed by atoms with Gasteiger partial charge >= 0.3 is 0 Å². The summed E-state index contributed by atoms with van der Waals surface area (Å²) in [7, 11) is -3.84. The van der Waals surface area contributed by atoms with Crippen molar-refractivity contribution in [2.45, 2.75) is 18.0 Å². The van der Waals surface area contributed by atoms with E-state index in [-0.39, 0.29) is 23.8 Å². The molecule has 3 heterocycles. The van der Waals surface area contributed by atoms with Crippen molar-refractivity contribution in [3.8, 4) is 0 Å². The van der Waals surface area contributed by atoms with E-state index in [2.05, 4.69) is 9.97 Å². The first-order valence-corrected chi connectivity index (χ1v) is 10.0. The number of nitrogens with zero attached hydrogens (tertiary/aromatic N) is 3. The van der Waals surface area contributed by atoms with Gasteiger partial charge in [-0.3, -0.25) is 10.7 Å². The SMILES string of the molecule is [NH]c1cccc(CN(Cc2cc3ccccc3o2)S(=O)(=O)c2cccnc2)n1. The van der Waals surface area contributed by atoms with Crippen LogP contribution in [0.1, 0.15) is 11.5 Å². The van der Waals surface area contributed by atoms with Crippen molar-refractivity contribution in [1.29, 1.82) is 0 Å². The third-order valence-electron chi connectivity index (χ3n) is 4.23. The first-order chi connectivity index (χ1) is 13.5. The molecule has 3 aromatic heterocycles. The van der Waals surface area contributed by atoms with Gasteiger partial charge in [-0.15, -0.1) is 0 Å². The van der Waals surface area contributed by atoms with Crippen molar-refractivity contribution in [3.05, 3.63) is 84.5 Å². The van der Waals surface area contributed by atoms with Crippen molar-refractivity contribution in [3.63, 3.8) is 0 Å². The molecule has 0 saturated carbocycles. The standard InChI is InChI=1S/C20H17N4O3S/c21-20-9-3-6-16(23-20)13-24(28(25,26)18-7-4-10-22-12-18)14-17-11-15-5-1-2-8-19(15)27-17/h1-12,21H,13-14H2. The third-order valence-corrected chi connectivity index (χ3v) is 6.00. The summed E-state index contributed by atoms with van der Waals surface area (Å²) in [6.07, 6.45) is 2.84. The number of furan rings is 1. The second-order valence-corrected chi connectivity index (χ2v) is 8.16. The molecule has 0 saturated heterocycles. The van der Waals surface area contributed by atoms with Crippen LogP contribution in [0.5, 0.6) is 0 Å². The highest BCUT2D eigenvalue weighted by atomic mass is 32.2. The first kappa shape index (κ1) is 18.1. The van der Waals surface area contributed by atoms with Gasteiger partial charge in [0.1, 0.15) is 22.1 Å². The largest absolute Gasteiger partial charge is 0.460 e. The van der Waals surface area contributed by atoms with Crippen LogP contribution >= 0.6 is 0 Å². The zero-order valence-corrected chi connectivity index (χ0v) is 15.6. The van der Waals surface area contributed by atoms with Crippen LogP contribution in [-0.2, 0) is 23.1 Å². The molecule has 7 nitrogen and oxygen atoms in total. The molecule has 4 aromatic rings. The highest BCUT2D eigenvalue weighted by Gasteiger charge is 2.27. The molecule has 0 fully saturated rings. The molecule has 0 amide bonds. The minimum absolute atomic E-state index is 0.0149. The van der Waals surface area contributed by atoms with Gasteiger partial charge in [-0.2, -0.15) is 4.31 Å². The lowest BCUT2D eigenvalue weighted by molar-refractivity contribution is 0.362. The molecule has 4 rings (SSSR count). The maximum atomic E-state index is 13.2. The van der Waals surface area contributed by atoms with E-state index in [9.17, 15) is 8.42 Å². The molecule has 28 heavy (non-hydrogen) atoms. The normalized spacial score (nSPS) is 11.9. The zero-order chi connectivity index (χ0) is 19.6. The number of hydrogen-bond donors (Lipinski definition) is 0. The molecule has 0 unspecified atom stereocenters. The Balaban J connectivity index is 1.72. The van der Waals surface area contributed by atoms with Crippen molar-refractivity contribution < 1.29 is 12.8 Å². The molecule has 0 bridgehead atoms. The maximum Gasteiger partial charge on any atom is 0.245 e. The van der Waals surface area contributed by atoms with Gasteiger partial charge < -0.3 is 4.42 Å². The Labute approximate surface area is 162 Å². The van der Waals surface area contributed by atoms with Crippen LogP contribution in [0, 0.1) is 0 Å². The Morgan fingerprint density at radius 1 is 1.00 bits per heavy atom. The summed E-state index contributed by atoms with van der Waals surface area (Å²) in [5.41, 5.74) is 8.87. The highest BCUT2D eigenvalue weighted by Crippen LogP contribution is 2.24. The average molecular weight is 393 g/mol. The summed E-state index contributed by atoms with van der Waals surface area (Å²) in [5.74, 6) is 0.607. The van der Waals surface area contributed by atoms with Crippen molar-refractivity contribution in [2.24, 2.45) is 0 Å². The minimum atomic E-state index is -3.84. The summed E-state index contributed by atoms with van der Waals surface area (Å²) in [4.78, 5) is 8.13. The Morgan fingerprint density at radius 3 is 2.61 bits per heavy atom. The Morgan fingerprint density at radius 2 is 1.86 bits per heavy atom. The smallest absolute Gasteiger partial charge is 0.245 e. The fourth-order valence-corrected chi connectivity index (χ4v) is 4.25. The van der Waals surface area contributed by atoms with Crippen LogP contribution in [0.25, 0.3) is 11.0 Å². The molecule has 0 aliphatic rings. The summed E-state index contributed by atoms with van der Waals surface area (Å²) < 4.78 is 33.5. The second-order valence-electron chi connectivity index (χ2n) is 6.23. The van der Waals surface area contributed by atoms with Gasteiger partial charge in [0.05, 0.1) is 18.8 Å². The lowest BCUT2D eigenvalue weighted by atomic mass is 10.2. The van der Waals surface area contributed by atoms with Crippen LogP contribution in [0.2, 0.25) is 0 Å². The molecule has 8 heteroatoms. The number of nitrogens with one attached hydrogen (secondary N) is 1. The summed E-state index contributed by atoms with van der Waals surface area (Å²) >= 11 is 0. The number of rotatable bonds is 6. The van der Waals surface area contributed by atoms with Gasteiger partial charge in [0.25, 0.3) is 0 Å². The van der Waals surface area contributed by atoms with Gasteiger partial charge in [0.2, 0.25) is 10.0 Å². The third kappa shape index (κ3) is 3.73. The molecule has 1 N–H and O–H groups in total. The van der Waals surface area contributed by atoms with Crippen molar-refractivity contribution in [2.75, 3.05) is 0 Å².